The zero-order valence-corrected chi connectivity index (χ0v) is 30.7. The van der Waals surface area contributed by atoms with E-state index in [0.29, 0.717) is 40.7 Å². The lowest BCUT2D eigenvalue weighted by atomic mass is 9.91. The van der Waals surface area contributed by atoms with Crippen LogP contribution < -0.4 is 29.6 Å². The van der Waals surface area contributed by atoms with Crippen LogP contribution in [0.3, 0.4) is 0 Å². The van der Waals surface area contributed by atoms with Crippen LogP contribution in [0.25, 0.3) is 11.1 Å². The first-order chi connectivity index (χ1) is 25.3. The second kappa shape index (κ2) is 17.5. The van der Waals surface area contributed by atoms with Crippen molar-refractivity contribution in [2.45, 2.75) is 40.2 Å². The third-order valence-electron chi connectivity index (χ3n) is 9.12. The molecule has 1 aliphatic heterocycles. The minimum Gasteiger partial charge on any atom is -0.493 e. The molecule has 2 heterocycles. The number of ether oxygens (including phenoxy) is 5. The molecule has 5 rings (SSSR count). The molecule has 0 saturated carbocycles. The monoisotopic (exact) mass is 738 g/mol. The van der Waals surface area contributed by atoms with E-state index in [1.165, 1.54) is 38.6 Å². The van der Waals surface area contributed by atoms with E-state index in [1.807, 2.05) is 32.9 Å². The van der Waals surface area contributed by atoms with Gasteiger partial charge >= 0.3 is 12.5 Å². The Morgan fingerprint density at radius 3 is 2.30 bits per heavy atom. The van der Waals surface area contributed by atoms with Gasteiger partial charge in [-0.05, 0) is 74.2 Å². The Kier molecular flexibility index (Phi) is 12.9. The molecule has 1 amide bonds. The average Bonchev–Trinajstić information content (AvgIpc) is 3.12. The molecule has 1 fully saturated rings. The molecule has 0 unspecified atom stereocenters. The van der Waals surface area contributed by atoms with Crippen molar-refractivity contribution in [1.82, 2.24) is 19.8 Å². The van der Waals surface area contributed by atoms with Gasteiger partial charge in [-0.25, -0.2) is 9.78 Å². The maximum atomic E-state index is 13.4. The topological polar surface area (TPSA) is 120 Å². The molecule has 1 aliphatic rings. The number of hydrogen-bond donors (Lipinski definition) is 2. The van der Waals surface area contributed by atoms with Gasteiger partial charge in [0.2, 0.25) is 11.7 Å². The quantitative estimate of drug-likeness (QED) is 0.125. The van der Waals surface area contributed by atoms with E-state index in [-0.39, 0.29) is 17.3 Å². The molecule has 3 aromatic carbocycles. The highest BCUT2D eigenvalue weighted by atomic mass is 19.4. The molecule has 15 heteroatoms. The molecule has 0 aliphatic carbocycles. The van der Waals surface area contributed by atoms with Gasteiger partial charge in [-0.1, -0.05) is 24.3 Å². The number of hydrogen-bond acceptors (Lipinski definition) is 11. The van der Waals surface area contributed by atoms with Crippen LogP contribution in [0, 0.1) is 20.8 Å². The number of nitrogens with one attached hydrogen (secondary N) is 2. The van der Waals surface area contributed by atoms with Crippen LogP contribution in [0.1, 0.15) is 28.7 Å². The molecule has 0 atom stereocenters. The Labute approximate surface area is 307 Å². The first-order valence-electron chi connectivity index (χ1n) is 17.1. The largest absolute Gasteiger partial charge is 0.573 e. The number of aryl methyl sites for hydroxylation is 1. The van der Waals surface area contributed by atoms with Gasteiger partial charge in [-0.3, -0.25) is 5.32 Å². The minimum absolute atomic E-state index is 0.0572. The molecule has 0 bridgehead atoms. The summed E-state index contributed by atoms with van der Waals surface area (Å²) in [5, 5.41) is 5.58. The van der Waals surface area contributed by atoms with Crippen LogP contribution in [0.4, 0.5) is 35.4 Å². The number of nitrogens with zero attached hydrogens (tertiary/aromatic N) is 4. The van der Waals surface area contributed by atoms with Gasteiger partial charge in [0.25, 0.3) is 0 Å². The molecule has 1 saturated heterocycles. The first-order valence-corrected chi connectivity index (χ1v) is 17.1. The van der Waals surface area contributed by atoms with Crippen molar-refractivity contribution in [2.24, 2.45) is 0 Å². The summed E-state index contributed by atoms with van der Waals surface area (Å²) < 4.78 is 67.2. The minimum atomic E-state index is -4.95. The van der Waals surface area contributed by atoms with Gasteiger partial charge in [0.15, 0.2) is 11.5 Å². The number of rotatable bonds is 14. The Morgan fingerprint density at radius 2 is 1.62 bits per heavy atom. The molecular weight excluding hydrogens is 693 g/mol. The van der Waals surface area contributed by atoms with Gasteiger partial charge in [0, 0.05) is 62.3 Å². The maximum absolute atomic E-state index is 13.4. The number of alkyl halides is 3. The van der Waals surface area contributed by atoms with Crippen LogP contribution in [-0.2, 0) is 11.3 Å². The summed E-state index contributed by atoms with van der Waals surface area (Å²) in [4.78, 5) is 26.3. The van der Waals surface area contributed by atoms with Gasteiger partial charge < -0.3 is 38.8 Å². The summed E-state index contributed by atoms with van der Waals surface area (Å²) in [5.74, 6) is 1.09. The maximum Gasteiger partial charge on any atom is 0.573 e. The van der Waals surface area contributed by atoms with Crippen molar-refractivity contribution in [3.63, 3.8) is 0 Å². The van der Waals surface area contributed by atoms with Crippen LogP contribution >= 0.6 is 0 Å². The Morgan fingerprint density at radius 1 is 0.906 bits per heavy atom. The molecule has 1 aromatic heterocycles. The van der Waals surface area contributed by atoms with E-state index in [0.717, 1.165) is 55.8 Å². The Balaban J connectivity index is 1.25. The van der Waals surface area contributed by atoms with Crippen LogP contribution in [0.5, 0.6) is 23.0 Å². The Bertz CT molecular complexity index is 1860. The van der Waals surface area contributed by atoms with Gasteiger partial charge in [0.05, 0.1) is 20.8 Å². The van der Waals surface area contributed by atoms with Gasteiger partial charge in [0.1, 0.15) is 18.2 Å². The highest BCUT2D eigenvalue weighted by Gasteiger charge is 2.33. The number of carbonyl (C=O) groups excluding carboxylic acids is 1. The fraction of sp³-hybridized carbons (Fsp3) is 0.395. The van der Waals surface area contributed by atoms with Crippen molar-refractivity contribution in [3.05, 3.63) is 77.0 Å². The van der Waals surface area contributed by atoms with E-state index in [1.54, 1.807) is 18.2 Å². The van der Waals surface area contributed by atoms with Gasteiger partial charge in [-0.2, -0.15) is 4.98 Å². The number of amides is 1. The number of likely N-dealkylation sites (N-methyl/N-ethyl adjacent to an activating group) is 1. The van der Waals surface area contributed by atoms with Crippen molar-refractivity contribution in [2.75, 3.05) is 71.2 Å². The number of aromatic nitrogens is 2. The fourth-order valence-electron chi connectivity index (χ4n) is 5.96. The molecular formula is C38H45F3N6O6. The molecule has 12 nitrogen and oxygen atoms in total. The van der Waals surface area contributed by atoms with Crippen molar-refractivity contribution in [3.8, 4) is 34.1 Å². The predicted octanol–water partition coefficient (Wildman–Crippen LogP) is 7.49. The van der Waals surface area contributed by atoms with Crippen molar-refractivity contribution < 1.29 is 41.7 Å². The molecule has 0 radical (unpaired) electrons. The van der Waals surface area contributed by atoms with E-state index in [4.69, 9.17) is 18.9 Å². The van der Waals surface area contributed by atoms with E-state index < -0.39 is 24.8 Å². The van der Waals surface area contributed by atoms with Crippen LogP contribution in [0.2, 0.25) is 0 Å². The number of piperazine rings is 1. The lowest BCUT2D eigenvalue weighted by molar-refractivity contribution is -0.275. The molecule has 284 valence electrons. The average molecular weight is 739 g/mol. The second-order valence-electron chi connectivity index (χ2n) is 12.7. The standard InChI is InChI=1S/C38H45F3N6O6/c1-24-11-12-28(26(3)25(24)2)29-9-7-10-31(53-38(39,40)41)30(29)23-52-37(48)45-34-13-14-42-36(44-34)43-27-21-32(49-5)35(33(22-27)50-6)51-20-8-15-47-18-16-46(4)17-19-47/h7,9-14,21-22H,8,15-20,23H2,1-6H3,(H2,42,43,44,45,48). The van der Waals surface area contributed by atoms with Crippen LogP contribution in [-0.4, -0.2) is 92.8 Å². The predicted molar refractivity (Wildman–Crippen MR) is 195 cm³/mol. The smallest absolute Gasteiger partial charge is 0.493 e. The third-order valence-corrected chi connectivity index (χ3v) is 9.12. The molecule has 0 spiro atoms. The third kappa shape index (κ3) is 10.4. The lowest BCUT2D eigenvalue weighted by Gasteiger charge is -2.32. The summed E-state index contributed by atoms with van der Waals surface area (Å²) in [5.41, 5.74) is 4.64. The second-order valence-corrected chi connectivity index (χ2v) is 12.7. The lowest BCUT2D eigenvalue weighted by Crippen LogP contribution is -2.44. The Hall–Kier alpha value is -5.28. The van der Waals surface area contributed by atoms with Crippen molar-refractivity contribution in [1.29, 1.82) is 0 Å². The summed E-state index contributed by atoms with van der Waals surface area (Å²) in [6.07, 6.45) is -3.64. The molecule has 2 N–H and O–H groups in total. The number of halogens is 3. The molecule has 4 aromatic rings. The highest BCUT2D eigenvalue weighted by molar-refractivity contribution is 5.84. The number of benzene rings is 3. The molecule has 53 heavy (non-hydrogen) atoms. The summed E-state index contributed by atoms with van der Waals surface area (Å²) in [7, 11) is 5.19. The van der Waals surface area contributed by atoms with E-state index in [9.17, 15) is 18.0 Å². The SMILES string of the molecule is COc1cc(Nc2nccc(NC(=O)OCc3c(OC(F)(F)F)cccc3-c3ccc(C)c(C)c3C)n2)cc(OC)c1OCCCN1CCN(C)CC1. The van der Waals surface area contributed by atoms with E-state index >= 15 is 0 Å². The van der Waals surface area contributed by atoms with Crippen LogP contribution in [0.15, 0.2) is 54.7 Å². The van der Waals surface area contributed by atoms with E-state index in [2.05, 4.69) is 42.2 Å². The summed E-state index contributed by atoms with van der Waals surface area (Å²) >= 11 is 0. The van der Waals surface area contributed by atoms with Gasteiger partial charge in [-0.15, -0.1) is 13.2 Å². The zero-order valence-electron chi connectivity index (χ0n) is 30.7. The number of anilines is 3. The highest BCUT2D eigenvalue weighted by Crippen LogP contribution is 2.41. The summed E-state index contributed by atoms with van der Waals surface area (Å²) in [6, 6.07) is 12.9. The fourth-order valence-corrected chi connectivity index (χ4v) is 5.96. The number of carbonyl (C=O) groups is 1. The summed E-state index contributed by atoms with van der Waals surface area (Å²) in [6.45, 7) is 10.9. The van der Waals surface area contributed by atoms with Crippen molar-refractivity contribution >= 4 is 23.5 Å². The number of methoxy groups -OCH3 is 2. The zero-order chi connectivity index (χ0) is 38.1. The normalized spacial score (nSPS) is 13.7. The first kappa shape index (κ1) is 38.9.